The lowest BCUT2D eigenvalue weighted by molar-refractivity contribution is 0.162. The van der Waals surface area contributed by atoms with Gasteiger partial charge in [0.1, 0.15) is 18.1 Å². The Kier molecular flexibility index (Phi) is 5.09. The zero-order valence-electron chi connectivity index (χ0n) is 17.3. The van der Waals surface area contributed by atoms with E-state index in [0.29, 0.717) is 41.2 Å². The Hall–Kier alpha value is -4.12. The van der Waals surface area contributed by atoms with Crippen molar-refractivity contribution in [3.63, 3.8) is 0 Å². The van der Waals surface area contributed by atoms with Crippen LogP contribution in [0.3, 0.4) is 0 Å². The fourth-order valence-corrected chi connectivity index (χ4v) is 4.53. The first kappa shape index (κ1) is 20.8. The minimum atomic E-state index is -3.84. The molecule has 1 aromatic heterocycles. The highest BCUT2D eigenvalue weighted by atomic mass is 32.2. The van der Waals surface area contributed by atoms with Crippen LogP contribution in [0.25, 0.3) is 0 Å². The van der Waals surface area contributed by atoms with Gasteiger partial charge in [-0.15, -0.1) is 0 Å². The van der Waals surface area contributed by atoms with Crippen molar-refractivity contribution in [3.8, 4) is 28.9 Å². The topological polar surface area (TPSA) is 119 Å². The molecule has 2 aromatic carbocycles. The molecule has 10 nitrogen and oxygen atoms in total. The standard InChI is InChI=1S/C22H19N3O7S/c1-29-21-10-9-16(11-23-21)32-18-4-2-3-17-19(13-30-22(17)18)31-15-7-5-14(6-8-15)25-12-20(26)24-33(25,27)28/h2-12,19,24,26H,13H2,1H3/t19-/m1/s1. The van der Waals surface area contributed by atoms with Gasteiger partial charge in [0, 0.05) is 11.6 Å². The SMILES string of the molecule is COc1ccc(Oc2cccc3c2OC[C@H]3Oc2ccc(N3C=C(O)NS3(=O)=O)cc2)cn1. The normalized spacial score (nSPS) is 18.0. The molecule has 3 aromatic rings. The minimum absolute atomic E-state index is 0.291. The number of methoxy groups -OCH3 is 1. The minimum Gasteiger partial charge on any atom is -0.493 e. The van der Waals surface area contributed by atoms with Crippen LogP contribution in [0.15, 0.2) is 72.9 Å². The smallest absolute Gasteiger partial charge is 0.330 e. The lowest BCUT2D eigenvalue weighted by Crippen LogP contribution is -2.29. The fourth-order valence-electron chi connectivity index (χ4n) is 3.48. The summed E-state index contributed by atoms with van der Waals surface area (Å²) in [6.07, 6.45) is 2.28. The molecule has 0 saturated carbocycles. The quantitative estimate of drug-likeness (QED) is 0.564. The summed E-state index contributed by atoms with van der Waals surface area (Å²) in [4.78, 5) is 4.13. The Bertz CT molecular complexity index is 1310. The third-order valence-electron chi connectivity index (χ3n) is 4.98. The summed E-state index contributed by atoms with van der Waals surface area (Å²) in [6.45, 7) is 0.291. The average Bonchev–Trinajstić information content (AvgIpc) is 3.34. The molecule has 33 heavy (non-hydrogen) atoms. The maximum absolute atomic E-state index is 12.0. The van der Waals surface area contributed by atoms with Crippen LogP contribution in [0.1, 0.15) is 11.7 Å². The molecule has 0 spiro atoms. The van der Waals surface area contributed by atoms with Crippen molar-refractivity contribution in [1.29, 1.82) is 0 Å². The number of nitrogens with one attached hydrogen (secondary N) is 1. The molecule has 0 saturated heterocycles. The monoisotopic (exact) mass is 469 g/mol. The third kappa shape index (κ3) is 4.05. The number of rotatable bonds is 6. The van der Waals surface area contributed by atoms with Gasteiger partial charge in [0.15, 0.2) is 17.6 Å². The molecule has 0 bridgehead atoms. The molecule has 0 aliphatic carbocycles. The van der Waals surface area contributed by atoms with Gasteiger partial charge in [-0.05, 0) is 36.4 Å². The van der Waals surface area contributed by atoms with E-state index in [1.54, 1.807) is 55.8 Å². The summed E-state index contributed by atoms with van der Waals surface area (Å²) < 4.78 is 49.8. The van der Waals surface area contributed by atoms with Crippen LogP contribution in [0.2, 0.25) is 0 Å². The van der Waals surface area contributed by atoms with Crippen molar-refractivity contribution < 1.29 is 32.5 Å². The second-order valence-corrected chi connectivity index (χ2v) is 8.69. The van der Waals surface area contributed by atoms with Crippen molar-refractivity contribution in [2.24, 2.45) is 0 Å². The largest absolute Gasteiger partial charge is 0.493 e. The van der Waals surface area contributed by atoms with Crippen LogP contribution in [0.4, 0.5) is 5.69 Å². The summed E-state index contributed by atoms with van der Waals surface area (Å²) in [5.74, 6) is 2.24. The van der Waals surface area contributed by atoms with Crippen LogP contribution in [-0.4, -0.2) is 32.2 Å². The number of nitrogens with zero attached hydrogens (tertiary/aromatic N) is 2. The predicted molar refractivity (Wildman–Crippen MR) is 118 cm³/mol. The Morgan fingerprint density at radius 1 is 1.12 bits per heavy atom. The second kappa shape index (κ2) is 8.10. The number of anilines is 1. The second-order valence-electron chi connectivity index (χ2n) is 7.14. The average molecular weight is 469 g/mol. The van der Waals surface area contributed by atoms with Gasteiger partial charge in [0.25, 0.3) is 0 Å². The Labute approximate surface area is 189 Å². The van der Waals surface area contributed by atoms with Gasteiger partial charge in [-0.25, -0.2) is 14.0 Å². The van der Waals surface area contributed by atoms with Gasteiger partial charge >= 0.3 is 10.2 Å². The van der Waals surface area contributed by atoms with Gasteiger partial charge < -0.3 is 24.1 Å². The fraction of sp³-hybridized carbons (Fsp3) is 0.136. The molecule has 0 radical (unpaired) electrons. The van der Waals surface area contributed by atoms with E-state index in [1.807, 2.05) is 16.9 Å². The van der Waals surface area contributed by atoms with Crippen molar-refractivity contribution in [2.45, 2.75) is 6.10 Å². The van der Waals surface area contributed by atoms with Gasteiger partial charge in [-0.3, -0.25) is 0 Å². The number of fused-ring (bicyclic) bond motifs is 1. The molecule has 2 aliphatic heterocycles. The third-order valence-corrected chi connectivity index (χ3v) is 6.28. The number of aliphatic hydroxyl groups excluding tert-OH is 1. The number of benzene rings is 2. The highest BCUT2D eigenvalue weighted by Crippen LogP contribution is 2.43. The lowest BCUT2D eigenvalue weighted by Gasteiger charge is -2.16. The zero-order valence-corrected chi connectivity index (χ0v) is 18.2. The van der Waals surface area contributed by atoms with E-state index in [1.165, 1.54) is 0 Å². The lowest BCUT2D eigenvalue weighted by atomic mass is 10.1. The van der Waals surface area contributed by atoms with Gasteiger partial charge in [-0.2, -0.15) is 8.42 Å². The molecule has 2 aliphatic rings. The van der Waals surface area contributed by atoms with E-state index in [4.69, 9.17) is 18.9 Å². The molecule has 0 fully saturated rings. The van der Waals surface area contributed by atoms with Crippen molar-refractivity contribution >= 4 is 15.9 Å². The summed E-state index contributed by atoms with van der Waals surface area (Å²) in [5.41, 5.74) is 1.18. The number of hydrogen-bond donors (Lipinski definition) is 2. The number of pyridine rings is 1. The molecular formula is C22H19N3O7S. The number of aromatic nitrogens is 1. The van der Waals surface area contributed by atoms with E-state index in [-0.39, 0.29) is 6.10 Å². The number of aliphatic hydroxyl groups is 1. The maximum Gasteiger partial charge on any atom is 0.330 e. The van der Waals surface area contributed by atoms with Crippen LogP contribution in [0, 0.1) is 0 Å². The first-order chi connectivity index (χ1) is 15.9. The molecule has 0 unspecified atom stereocenters. The highest BCUT2D eigenvalue weighted by molar-refractivity contribution is 7.91. The zero-order chi connectivity index (χ0) is 23.0. The molecule has 11 heteroatoms. The van der Waals surface area contributed by atoms with E-state index >= 15 is 0 Å². The van der Waals surface area contributed by atoms with E-state index < -0.39 is 16.1 Å². The summed E-state index contributed by atoms with van der Waals surface area (Å²) in [7, 11) is -2.30. The van der Waals surface area contributed by atoms with Gasteiger partial charge in [-0.1, -0.05) is 12.1 Å². The van der Waals surface area contributed by atoms with Crippen molar-refractivity contribution in [3.05, 3.63) is 78.4 Å². The molecule has 1 atom stereocenters. The Morgan fingerprint density at radius 3 is 2.58 bits per heavy atom. The summed E-state index contributed by atoms with van der Waals surface area (Å²) >= 11 is 0. The van der Waals surface area contributed by atoms with Crippen LogP contribution < -0.4 is 28.0 Å². The van der Waals surface area contributed by atoms with Gasteiger partial charge in [0.05, 0.1) is 25.2 Å². The summed E-state index contributed by atoms with van der Waals surface area (Å²) in [6, 6.07) is 15.5. The van der Waals surface area contributed by atoms with Crippen LogP contribution >= 0.6 is 0 Å². The van der Waals surface area contributed by atoms with Crippen molar-refractivity contribution in [2.75, 3.05) is 18.0 Å². The van der Waals surface area contributed by atoms with Gasteiger partial charge in [0.2, 0.25) is 11.8 Å². The number of hydrogen-bond acceptors (Lipinski definition) is 8. The predicted octanol–water partition coefficient (Wildman–Crippen LogP) is 3.41. The number of para-hydroxylation sites is 1. The summed E-state index contributed by atoms with van der Waals surface area (Å²) in [5, 5.41) is 9.44. The van der Waals surface area contributed by atoms with Crippen LogP contribution in [0.5, 0.6) is 28.9 Å². The first-order valence-electron chi connectivity index (χ1n) is 9.86. The molecule has 170 valence electrons. The molecule has 3 heterocycles. The maximum atomic E-state index is 12.0. The van der Waals surface area contributed by atoms with Crippen molar-refractivity contribution in [1.82, 2.24) is 9.71 Å². The number of ether oxygens (including phenoxy) is 4. The van der Waals surface area contributed by atoms with E-state index in [0.717, 1.165) is 16.1 Å². The molecule has 5 rings (SSSR count). The van der Waals surface area contributed by atoms with E-state index in [2.05, 4.69) is 4.98 Å². The Balaban J connectivity index is 1.31. The highest BCUT2D eigenvalue weighted by Gasteiger charge is 2.30. The molecular weight excluding hydrogens is 450 g/mol. The molecule has 2 N–H and O–H groups in total. The first-order valence-corrected chi connectivity index (χ1v) is 11.3. The van der Waals surface area contributed by atoms with Crippen LogP contribution in [-0.2, 0) is 10.2 Å². The molecule has 0 amide bonds. The Morgan fingerprint density at radius 2 is 1.91 bits per heavy atom. The van der Waals surface area contributed by atoms with E-state index in [9.17, 15) is 13.5 Å².